The van der Waals surface area contributed by atoms with Crippen molar-refractivity contribution in [1.82, 2.24) is 17.9 Å². The molecule has 31 heteroatoms. The third-order valence-corrected chi connectivity index (χ3v) is 31.1. The maximum absolute atomic E-state index is 13.4. The molecule has 3 fully saturated rings. The van der Waals surface area contributed by atoms with Crippen LogP contribution in [-0.4, -0.2) is 178 Å². The van der Waals surface area contributed by atoms with Gasteiger partial charge in [-0.15, -0.1) is 22.7 Å². The van der Waals surface area contributed by atoms with Crippen molar-refractivity contribution in [2.75, 3.05) is 115 Å². The van der Waals surface area contributed by atoms with Gasteiger partial charge in [-0.3, -0.25) is 33.8 Å². The van der Waals surface area contributed by atoms with Gasteiger partial charge in [-0.25, -0.2) is 25.3 Å². The van der Waals surface area contributed by atoms with Gasteiger partial charge in [0.25, 0.3) is 27.7 Å². The number of sulfonamides is 3. The second-order valence-electron chi connectivity index (χ2n) is 28.4. The van der Waals surface area contributed by atoms with Crippen LogP contribution in [0.1, 0.15) is 111 Å². The highest BCUT2D eigenvalue weighted by Gasteiger charge is 2.40. The van der Waals surface area contributed by atoms with Crippen LogP contribution in [0.2, 0.25) is 18.0 Å². The van der Waals surface area contributed by atoms with Crippen molar-refractivity contribution >= 4 is 184 Å². The lowest BCUT2D eigenvalue weighted by Crippen LogP contribution is -2.42. The van der Waals surface area contributed by atoms with Crippen molar-refractivity contribution < 1.29 is 68.2 Å². The fraction of sp³-hybridized carbons (Fsp3) is 0.388. The Labute approximate surface area is 673 Å². The van der Waals surface area contributed by atoms with Crippen LogP contribution in [0.3, 0.4) is 0 Å². The predicted molar refractivity (Wildman–Crippen MR) is 435 cm³/mol. The van der Waals surface area contributed by atoms with E-state index in [1.807, 2.05) is 91.0 Å². The standard InChI is InChI=1S/C28H31N3O5S.2C26H26Cl2N2O5S2/c1-19-9-11-22(17-29-19)37(34,35)30-13-4-6-21(18-30)26(32)16-20-10-12-25-27-23(20)7-3-8-24(27)28(33)31(25)14-5-15-36-2;1-35-12-4-11-30-21-9-8-16(18-6-2-7-19(24(18)21)26(30)32)13-22(31)17-5-3-10-29(15-17)37(33,34)23-14-20(27)25(28)36-23;1-35-12-4-11-30-20-9-8-16(18-6-2-7-19(24(18)20)26(30)32)13-21(31)17-5-3-10-29(15-17)37(33,34)22-14-23(27)36-25(22)28/h3,7-12,17,21H,4-6,13-16,18H2,1-2H3;2*2,6-9,14,17H,3-5,10-13,15H2,1H3. The highest BCUT2D eigenvalue weighted by molar-refractivity contribution is 7.91. The van der Waals surface area contributed by atoms with Crippen LogP contribution < -0.4 is 14.7 Å². The lowest BCUT2D eigenvalue weighted by molar-refractivity contribution is -0.124. The van der Waals surface area contributed by atoms with E-state index in [4.69, 9.17) is 60.6 Å². The van der Waals surface area contributed by atoms with Gasteiger partial charge in [-0.2, -0.15) is 12.9 Å². The number of aryl methyl sites for hydroxylation is 1. The minimum absolute atomic E-state index is 0.00973. The summed E-state index contributed by atoms with van der Waals surface area (Å²) in [4.78, 5) is 89.1. The molecule has 0 spiro atoms. The number of hydrogen-bond donors (Lipinski definition) is 0. The van der Waals surface area contributed by atoms with Crippen LogP contribution in [0.25, 0.3) is 32.3 Å². The lowest BCUT2D eigenvalue weighted by Gasteiger charge is -2.31. The number of piperidine rings is 3. The average molecular weight is 1680 g/mol. The first-order valence-electron chi connectivity index (χ1n) is 36.7. The van der Waals surface area contributed by atoms with Gasteiger partial charge in [-0.05, 0) is 158 Å². The fourth-order valence-electron chi connectivity index (χ4n) is 15.8. The second kappa shape index (κ2) is 34.9. The maximum Gasteiger partial charge on any atom is 0.258 e. The summed E-state index contributed by atoms with van der Waals surface area (Å²) >= 11 is 26.0. The van der Waals surface area contributed by atoms with Crippen molar-refractivity contribution in [2.24, 2.45) is 17.8 Å². The molecule has 3 aromatic heterocycles. The Kier molecular flexibility index (Phi) is 25.7. The molecule has 6 aliphatic rings. The van der Waals surface area contributed by atoms with Crippen molar-refractivity contribution in [3.8, 4) is 0 Å². The maximum atomic E-state index is 13.4. The molecular weight excluding hydrogens is 1600 g/mol. The molecule has 22 nitrogen and oxygen atoms in total. The van der Waals surface area contributed by atoms with E-state index in [1.165, 1.54) is 31.2 Å². The Morgan fingerprint density at radius 3 is 1.21 bits per heavy atom. The molecule has 0 bridgehead atoms. The van der Waals surface area contributed by atoms with E-state index in [1.54, 1.807) is 55.1 Å². The molecule has 0 aliphatic carbocycles. The van der Waals surface area contributed by atoms with E-state index in [2.05, 4.69) is 4.98 Å². The molecule has 3 atom stereocenters. The molecule has 9 heterocycles. The summed E-state index contributed by atoms with van der Waals surface area (Å²) in [5.41, 5.74) is 7.79. The fourth-order valence-corrected chi connectivity index (χ4v) is 24.5. The number of hydrogen-bond acceptors (Lipinski definition) is 18. The Hall–Kier alpha value is -7.16. The first-order valence-corrected chi connectivity index (χ1v) is 44.2. The SMILES string of the molecule is COCCCN1C(=O)c2cccc3c(CC(=O)C4CCCN(S(=O)(=O)c5cc(Cl)c(Cl)s5)C4)ccc1c23.COCCCN1C(=O)c2cccc3c(CC(=O)C4CCCN(S(=O)(=O)c5cc(Cl)sc5Cl)C4)ccc1c23.COCCCN1C(=O)c2cccc3c(CC(=O)C4CCCN(S(=O)(=O)c5ccc(C)nc5)C4)ccc1c23. The number of nitrogens with zero attached hydrogens (tertiary/aromatic N) is 7. The lowest BCUT2D eigenvalue weighted by atomic mass is 9.89. The topological polar surface area (TPSA) is 265 Å². The Morgan fingerprint density at radius 1 is 0.477 bits per heavy atom. The molecule has 586 valence electrons. The van der Waals surface area contributed by atoms with Crippen LogP contribution in [0.5, 0.6) is 0 Å². The first-order chi connectivity index (χ1) is 53.2. The molecule has 0 N–H and O–H groups in total. The largest absolute Gasteiger partial charge is 0.385 e. The van der Waals surface area contributed by atoms with Gasteiger partial charge in [0, 0.05) is 182 Å². The number of Topliss-reactive ketones (excluding diaryl/α,β-unsaturated/α-hetero) is 3. The van der Waals surface area contributed by atoms with Crippen LogP contribution in [0.4, 0.5) is 17.1 Å². The third-order valence-electron chi connectivity index (χ3n) is 21.4. The molecule has 0 radical (unpaired) electrons. The van der Waals surface area contributed by atoms with E-state index < -0.39 is 41.9 Å². The Balaban J connectivity index is 0.000000146. The zero-order valence-corrected chi connectivity index (χ0v) is 68.7. The highest BCUT2D eigenvalue weighted by Crippen LogP contribution is 2.45. The van der Waals surface area contributed by atoms with Gasteiger partial charge >= 0.3 is 0 Å². The zero-order valence-electron chi connectivity index (χ0n) is 61.6. The quantitative estimate of drug-likeness (QED) is 0.0433. The summed E-state index contributed by atoms with van der Waals surface area (Å²) in [7, 11) is -6.42. The van der Waals surface area contributed by atoms with E-state index >= 15 is 0 Å². The minimum atomic E-state index is -3.85. The number of aromatic nitrogens is 1. The average Bonchev–Trinajstić information content (AvgIpc) is 1.61. The number of amides is 3. The summed E-state index contributed by atoms with van der Waals surface area (Å²) in [6.07, 6.45) is 7.81. The summed E-state index contributed by atoms with van der Waals surface area (Å²) in [6.45, 7) is 6.67. The first kappa shape index (κ1) is 81.8. The smallest absolute Gasteiger partial charge is 0.258 e. The zero-order chi connectivity index (χ0) is 78.8. The monoisotopic (exact) mass is 1680 g/mol. The summed E-state index contributed by atoms with van der Waals surface area (Å²) in [5, 5.41) is 5.49. The molecular formula is C80H83Cl4N7O15S5. The number of pyridine rings is 1. The van der Waals surface area contributed by atoms with Gasteiger partial charge in [0.1, 0.15) is 40.0 Å². The normalized spacial score (nSPS) is 18.1. The molecule has 0 saturated carbocycles. The number of ketones is 3. The minimum Gasteiger partial charge on any atom is -0.385 e. The number of rotatable bonds is 27. The van der Waals surface area contributed by atoms with Crippen molar-refractivity contribution in [3.05, 3.63) is 179 Å². The summed E-state index contributed by atoms with van der Waals surface area (Å²) in [6, 6.07) is 34.3. The van der Waals surface area contributed by atoms with Crippen LogP contribution in [-0.2, 0) is 77.9 Å². The summed E-state index contributed by atoms with van der Waals surface area (Å²) < 4.78 is 99.3. The van der Waals surface area contributed by atoms with Gasteiger partial charge in [0.05, 0.1) is 26.4 Å². The Morgan fingerprint density at radius 2 is 0.865 bits per heavy atom. The number of carbonyl (C=O) groups excluding carboxylic acids is 6. The number of thiophene rings is 2. The van der Waals surface area contributed by atoms with Crippen molar-refractivity contribution in [3.63, 3.8) is 0 Å². The van der Waals surface area contributed by atoms with Gasteiger partial charge in [-0.1, -0.05) is 101 Å². The second-order valence-corrected chi connectivity index (χ2v) is 38.7. The number of benzene rings is 6. The van der Waals surface area contributed by atoms with Gasteiger partial charge in [0.2, 0.25) is 20.0 Å². The van der Waals surface area contributed by atoms with Crippen LogP contribution in [0, 0.1) is 24.7 Å². The van der Waals surface area contributed by atoms with E-state index in [-0.39, 0.29) is 108 Å². The molecule has 3 unspecified atom stereocenters. The molecule has 3 amide bonds. The highest BCUT2D eigenvalue weighted by atomic mass is 35.5. The number of halogens is 4. The molecule has 6 aromatic carbocycles. The molecule has 111 heavy (non-hydrogen) atoms. The number of methoxy groups -OCH3 is 3. The third kappa shape index (κ3) is 16.9. The van der Waals surface area contributed by atoms with E-state index in [0.717, 1.165) is 114 Å². The molecule has 9 aromatic rings. The van der Waals surface area contributed by atoms with E-state index in [9.17, 15) is 54.0 Å². The molecule has 3 saturated heterocycles. The number of ether oxygens (including phenoxy) is 3. The summed E-state index contributed by atoms with van der Waals surface area (Å²) in [5.74, 6) is -1.33. The van der Waals surface area contributed by atoms with Crippen LogP contribution in [0.15, 0.2) is 135 Å². The van der Waals surface area contributed by atoms with Gasteiger partial charge in [0.15, 0.2) is 0 Å². The number of anilines is 3. The Bertz CT molecular complexity index is 5470. The van der Waals surface area contributed by atoms with Gasteiger partial charge < -0.3 is 28.9 Å². The molecule has 6 aliphatic heterocycles. The van der Waals surface area contributed by atoms with Crippen LogP contribution >= 0.6 is 69.1 Å². The van der Waals surface area contributed by atoms with Crippen molar-refractivity contribution in [2.45, 2.75) is 98.0 Å². The van der Waals surface area contributed by atoms with Crippen molar-refractivity contribution in [1.29, 1.82) is 0 Å². The number of carbonyl (C=O) groups is 6. The predicted octanol–water partition coefficient (Wildman–Crippen LogP) is 14.6. The molecule has 15 rings (SSSR count). The van der Waals surface area contributed by atoms with E-state index in [0.29, 0.717) is 119 Å².